The second-order valence-corrected chi connectivity index (χ2v) is 8.67. The molecule has 0 spiro atoms. The Balaban J connectivity index is 1.62. The number of hydrogen-bond donors (Lipinski definition) is 3. The lowest BCUT2D eigenvalue weighted by Crippen LogP contribution is -2.43. The fourth-order valence-electron chi connectivity index (χ4n) is 3.44. The zero-order valence-corrected chi connectivity index (χ0v) is 16.4. The van der Waals surface area contributed by atoms with Gasteiger partial charge in [-0.05, 0) is 19.9 Å². The molecular weight excluding hydrogens is 406 g/mol. The van der Waals surface area contributed by atoms with Crippen LogP contribution in [0.25, 0.3) is 11.0 Å². The minimum Gasteiger partial charge on any atom is -0.387 e. The highest BCUT2D eigenvalue weighted by Crippen LogP contribution is 2.49. The van der Waals surface area contributed by atoms with Gasteiger partial charge in [-0.3, -0.25) is 4.52 Å². The number of aliphatic hydroxyl groups excluding tert-OH is 1. The molecule has 11 nitrogen and oxygen atoms in total. The number of hydrogen-bond acceptors (Lipinski definition) is 8. The van der Waals surface area contributed by atoms with Gasteiger partial charge in [-0.2, -0.15) is 0 Å². The van der Waals surface area contributed by atoms with E-state index in [0.29, 0.717) is 11.0 Å². The molecule has 29 heavy (non-hydrogen) atoms. The summed E-state index contributed by atoms with van der Waals surface area (Å²) in [5, 5.41) is 11.1. The number of alkyl halides is 1. The van der Waals surface area contributed by atoms with E-state index in [9.17, 15) is 14.6 Å². The highest BCUT2D eigenvalue weighted by Gasteiger charge is 2.57. The molecule has 1 saturated heterocycles. The lowest BCUT2D eigenvalue weighted by Gasteiger charge is -2.26. The second kappa shape index (κ2) is 6.85. The Morgan fingerprint density at radius 3 is 2.90 bits per heavy atom. The fraction of sp³-hybridized carbons (Fsp3) is 0.438. The lowest BCUT2D eigenvalue weighted by molar-refractivity contribution is -0.0749. The molecule has 156 valence electrons. The van der Waals surface area contributed by atoms with Crippen LogP contribution >= 0.6 is 7.75 Å². The van der Waals surface area contributed by atoms with Crippen molar-refractivity contribution in [2.75, 3.05) is 5.73 Å². The van der Waals surface area contributed by atoms with Crippen molar-refractivity contribution in [1.82, 2.24) is 23.9 Å². The number of aliphatic hydroxyl groups is 1. The number of nitrogen functional groups attached to an aromatic ring is 1. The SMILES string of the molecule is CC(OP(=O)(O)n1ccnc1)[C@H]1O[C@@H](n2ccc3c(N)ncnc32)[C@](C)(F)[C@@H]1O. The van der Waals surface area contributed by atoms with Crippen LogP contribution in [-0.2, 0) is 13.8 Å². The van der Waals surface area contributed by atoms with E-state index in [2.05, 4.69) is 15.0 Å². The molecule has 1 fully saturated rings. The summed E-state index contributed by atoms with van der Waals surface area (Å²) in [4.78, 5) is 21.8. The van der Waals surface area contributed by atoms with Gasteiger partial charge in [-0.15, -0.1) is 0 Å². The van der Waals surface area contributed by atoms with E-state index in [1.807, 2.05) is 0 Å². The number of ether oxygens (including phenoxy) is 1. The van der Waals surface area contributed by atoms with Crippen molar-refractivity contribution >= 4 is 24.6 Å². The van der Waals surface area contributed by atoms with Crippen molar-refractivity contribution < 1.29 is 28.2 Å². The van der Waals surface area contributed by atoms with Gasteiger partial charge in [-0.1, -0.05) is 0 Å². The highest BCUT2D eigenvalue weighted by molar-refractivity contribution is 7.51. The number of imidazole rings is 1. The molecule has 4 N–H and O–H groups in total. The van der Waals surface area contributed by atoms with Crippen LogP contribution in [0.15, 0.2) is 37.3 Å². The summed E-state index contributed by atoms with van der Waals surface area (Å²) in [6.45, 7) is 2.60. The third kappa shape index (κ3) is 3.22. The molecule has 0 saturated carbocycles. The van der Waals surface area contributed by atoms with Crippen LogP contribution in [0, 0.1) is 0 Å². The average molecular weight is 426 g/mol. The molecule has 0 aliphatic carbocycles. The molecule has 0 bridgehead atoms. The zero-order valence-electron chi connectivity index (χ0n) is 15.5. The molecule has 6 atom stereocenters. The van der Waals surface area contributed by atoms with Gasteiger partial charge in [0.2, 0.25) is 0 Å². The summed E-state index contributed by atoms with van der Waals surface area (Å²) in [5.74, 6) is 0.225. The van der Waals surface area contributed by atoms with E-state index in [4.69, 9.17) is 15.0 Å². The number of nitrogens with two attached hydrogens (primary N) is 1. The van der Waals surface area contributed by atoms with Crippen LogP contribution in [0.3, 0.4) is 0 Å². The van der Waals surface area contributed by atoms with Gasteiger partial charge >= 0.3 is 7.75 Å². The van der Waals surface area contributed by atoms with E-state index in [0.717, 1.165) is 10.7 Å². The van der Waals surface area contributed by atoms with Crippen molar-refractivity contribution in [3.8, 4) is 0 Å². The molecule has 4 heterocycles. The Labute approximate surface area is 164 Å². The van der Waals surface area contributed by atoms with Gasteiger partial charge < -0.3 is 25.0 Å². The first-order chi connectivity index (χ1) is 13.6. The van der Waals surface area contributed by atoms with Crippen LogP contribution in [0.1, 0.15) is 20.1 Å². The van der Waals surface area contributed by atoms with Crippen molar-refractivity contribution in [3.63, 3.8) is 0 Å². The van der Waals surface area contributed by atoms with E-state index in [-0.39, 0.29) is 5.82 Å². The van der Waals surface area contributed by atoms with E-state index >= 15 is 4.39 Å². The number of anilines is 1. The van der Waals surface area contributed by atoms with Crippen LogP contribution in [0.4, 0.5) is 10.2 Å². The van der Waals surface area contributed by atoms with Gasteiger partial charge in [-0.25, -0.2) is 28.2 Å². The summed E-state index contributed by atoms with van der Waals surface area (Å²) < 4.78 is 41.2. The van der Waals surface area contributed by atoms with Gasteiger partial charge in [0.25, 0.3) is 0 Å². The summed E-state index contributed by atoms with van der Waals surface area (Å²) in [6, 6.07) is 1.62. The number of aromatic nitrogens is 5. The predicted octanol–water partition coefficient (Wildman–Crippen LogP) is 1.25. The summed E-state index contributed by atoms with van der Waals surface area (Å²) in [6.07, 6.45) is 1.22. The van der Waals surface area contributed by atoms with Gasteiger partial charge in [0, 0.05) is 18.6 Å². The molecule has 0 radical (unpaired) electrons. The summed E-state index contributed by atoms with van der Waals surface area (Å²) >= 11 is 0. The van der Waals surface area contributed by atoms with Crippen molar-refractivity contribution in [2.24, 2.45) is 0 Å². The largest absolute Gasteiger partial charge is 0.437 e. The predicted molar refractivity (Wildman–Crippen MR) is 99.4 cm³/mol. The van der Waals surface area contributed by atoms with Crippen LogP contribution in [-0.4, -0.2) is 57.8 Å². The third-order valence-electron chi connectivity index (χ3n) is 5.00. The van der Waals surface area contributed by atoms with Crippen LogP contribution in [0.2, 0.25) is 0 Å². The van der Waals surface area contributed by atoms with E-state index < -0.39 is 38.0 Å². The number of rotatable bonds is 5. The molecular formula is C16H20FN6O5P. The topological polar surface area (TPSA) is 151 Å². The third-order valence-corrected chi connectivity index (χ3v) is 6.43. The smallest absolute Gasteiger partial charge is 0.387 e. The zero-order chi connectivity index (χ0) is 21.0. The first kappa shape index (κ1) is 19.9. The van der Waals surface area contributed by atoms with Gasteiger partial charge in [0.15, 0.2) is 11.9 Å². The van der Waals surface area contributed by atoms with Gasteiger partial charge in [0.05, 0.1) is 11.5 Å². The van der Waals surface area contributed by atoms with Crippen LogP contribution < -0.4 is 5.73 Å². The maximum absolute atomic E-state index is 15.5. The number of nitrogens with zero attached hydrogens (tertiary/aromatic N) is 5. The lowest BCUT2D eigenvalue weighted by atomic mass is 9.96. The molecule has 0 aromatic carbocycles. The Morgan fingerprint density at radius 1 is 1.45 bits per heavy atom. The molecule has 3 aromatic rings. The quantitative estimate of drug-likeness (QED) is 0.512. The van der Waals surface area contributed by atoms with E-state index in [1.165, 1.54) is 43.3 Å². The number of halogens is 1. The second-order valence-electron chi connectivity index (χ2n) is 7.01. The van der Waals surface area contributed by atoms with E-state index in [1.54, 1.807) is 6.07 Å². The molecule has 13 heteroatoms. The molecule has 0 amide bonds. The van der Waals surface area contributed by atoms with Crippen molar-refractivity contribution in [1.29, 1.82) is 0 Å². The monoisotopic (exact) mass is 426 g/mol. The Morgan fingerprint density at radius 2 is 2.21 bits per heavy atom. The Hall–Kier alpha value is -2.37. The molecule has 3 aromatic heterocycles. The fourth-order valence-corrected chi connectivity index (χ4v) is 4.52. The van der Waals surface area contributed by atoms with Crippen LogP contribution in [0.5, 0.6) is 0 Å². The molecule has 2 unspecified atom stereocenters. The Bertz CT molecular complexity index is 1070. The minimum absolute atomic E-state index is 0.225. The number of fused-ring (bicyclic) bond motifs is 1. The molecule has 1 aliphatic heterocycles. The summed E-state index contributed by atoms with van der Waals surface area (Å²) in [7, 11) is -4.30. The van der Waals surface area contributed by atoms with Crippen molar-refractivity contribution in [2.45, 2.75) is 44.1 Å². The minimum atomic E-state index is -4.30. The maximum atomic E-state index is 15.5. The first-order valence-corrected chi connectivity index (χ1v) is 10.3. The normalized spacial score (nSPS) is 30.4. The summed E-state index contributed by atoms with van der Waals surface area (Å²) in [5.41, 5.74) is 3.90. The maximum Gasteiger partial charge on any atom is 0.437 e. The molecule has 1 aliphatic rings. The average Bonchev–Trinajstić information content (AvgIpc) is 3.36. The highest BCUT2D eigenvalue weighted by atomic mass is 31.2. The first-order valence-electron chi connectivity index (χ1n) is 8.72. The van der Waals surface area contributed by atoms with Gasteiger partial charge in [0.1, 0.15) is 36.3 Å². The van der Waals surface area contributed by atoms with Crippen molar-refractivity contribution in [3.05, 3.63) is 37.3 Å². The molecule has 4 rings (SSSR count). The Kier molecular flexibility index (Phi) is 4.71. The standard InChI is InChI=1S/C16H20FN6O5P/c1-9(28-29(25,26)22-6-4-19-8-22)11-12(24)16(2,17)15(27-11)23-5-3-10-13(18)20-7-21-14(10)23/h3-9,11-12,15,24H,1-2H3,(H,25,26)(H2,18,20,21)/t9?,11-,12-,15-,16-/m1/s1.